The summed E-state index contributed by atoms with van der Waals surface area (Å²) < 4.78 is 0. The molecule has 21 heavy (non-hydrogen) atoms. The number of rotatable bonds is 3. The van der Waals surface area contributed by atoms with Gasteiger partial charge in [0, 0.05) is 30.6 Å². The number of aromatic amines is 1. The van der Waals surface area contributed by atoms with Crippen LogP contribution in [0.4, 0.5) is 0 Å². The molecule has 2 atom stereocenters. The second kappa shape index (κ2) is 6.18. The molecule has 1 aliphatic carbocycles. The second-order valence-electron chi connectivity index (χ2n) is 6.65. The van der Waals surface area contributed by atoms with Crippen LogP contribution in [0.15, 0.2) is 6.07 Å². The van der Waals surface area contributed by atoms with Crippen LogP contribution in [0.3, 0.4) is 0 Å². The van der Waals surface area contributed by atoms with E-state index in [0.29, 0.717) is 13.1 Å². The summed E-state index contributed by atoms with van der Waals surface area (Å²) in [7, 11) is 0. The van der Waals surface area contributed by atoms with Crippen LogP contribution in [0.25, 0.3) is 0 Å². The number of hydrogen-bond acceptors (Lipinski definition) is 3. The molecule has 1 amide bonds. The number of carbonyl (C=O) groups is 1. The number of aryl methyl sites for hydroxylation is 1. The molecule has 2 N–H and O–H groups in total. The van der Waals surface area contributed by atoms with Crippen molar-refractivity contribution < 1.29 is 9.90 Å². The van der Waals surface area contributed by atoms with E-state index in [2.05, 4.69) is 10.2 Å². The third kappa shape index (κ3) is 3.28. The predicted octanol–water partition coefficient (Wildman–Crippen LogP) is 1.66. The molecule has 0 aromatic carbocycles. The molecule has 5 nitrogen and oxygen atoms in total. The normalized spacial score (nSPS) is 27.2. The van der Waals surface area contributed by atoms with Gasteiger partial charge in [-0.05, 0) is 32.3 Å². The van der Waals surface area contributed by atoms with Gasteiger partial charge in [-0.15, -0.1) is 0 Å². The molecule has 0 radical (unpaired) electrons. The fraction of sp³-hybridized carbons (Fsp3) is 0.750. The zero-order valence-electron chi connectivity index (χ0n) is 12.7. The molecule has 1 saturated heterocycles. The third-order valence-corrected chi connectivity index (χ3v) is 4.90. The van der Waals surface area contributed by atoms with Gasteiger partial charge in [0.05, 0.1) is 11.8 Å². The molecule has 0 bridgehead atoms. The lowest BCUT2D eigenvalue weighted by Crippen LogP contribution is -2.36. The van der Waals surface area contributed by atoms with E-state index in [-0.39, 0.29) is 17.7 Å². The summed E-state index contributed by atoms with van der Waals surface area (Å²) in [6.07, 6.45) is 5.96. The van der Waals surface area contributed by atoms with Crippen molar-refractivity contribution in [2.45, 2.75) is 51.6 Å². The van der Waals surface area contributed by atoms with Crippen LogP contribution < -0.4 is 0 Å². The summed E-state index contributed by atoms with van der Waals surface area (Å²) in [6.45, 7) is 3.13. The molecule has 2 fully saturated rings. The summed E-state index contributed by atoms with van der Waals surface area (Å²) in [5.74, 6) is 0.562. The number of H-pyrrole nitrogens is 1. The van der Waals surface area contributed by atoms with Crippen molar-refractivity contribution in [1.82, 2.24) is 15.1 Å². The van der Waals surface area contributed by atoms with Crippen molar-refractivity contribution in [3.63, 3.8) is 0 Å². The molecule has 2 aliphatic rings. The summed E-state index contributed by atoms with van der Waals surface area (Å²) in [6, 6.07) is 2.01. The SMILES string of the molecule is Cc1cc(C[C@@H]2CN(C(=O)C3CCCCC3)C[C@H]2O)n[nH]1. The quantitative estimate of drug-likeness (QED) is 0.890. The molecule has 1 aromatic rings. The number of likely N-dealkylation sites (tertiary alicyclic amines) is 1. The molecule has 1 aliphatic heterocycles. The Bertz CT molecular complexity index is 493. The minimum atomic E-state index is -0.422. The maximum absolute atomic E-state index is 12.5. The minimum Gasteiger partial charge on any atom is -0.391 e. The van der Waals surface area contributed by atoms with Crippen molar-refractivity contribution in [2.75, 3.05) is 13.1 Å². The number of β-amino-alcohol motifs (C(OH)–C–C–N with tert-alkyl or cyclic N) is 1. The number of aliphatic hydroxyl groups is 1. The first-order valence-corrected chi connectivity index (χ1v) is 8.11. The maximum atomic E-state index is 12.5. The van der Waals surface area contributed by atoms with Crippen LogP contribution in [0.1, 0.15) is 43.5 Å². The Kier molecular flexibility index (Phi) is 4.29. The van der Waals surface area contributed by atoms with Crippen LogP contribution in [-0.2, 0) is 11.2 Å². The van der Waals surface area contributed by atoms with Gasteiger partial charge in [-0.2, -0.15) is 5.10 Å². The fourth-order valence-corrected chi connectivity index (χ4v) is 3.69. The van der Waals surface area contributed by atoms with Crippen molar-refractivity contribution in [3.05, 3.63) is 17.5 Å². The number of nitrogens with zero attached hydrogens (tertiary/aromatic N) is 2. The standard InChI is InChI=1S/C16H25N3O2/c1-11-7-14(18-17-11)8-13-9-19(10-15(13)20)16(21)12-5-3-2-4-6-12/h7,12-13,15,20H,2-6,8-10H2,1H3,(H,17,18)/t13-,15-/m1/s1. The van der Waals surface area contributed by atoms with E-state index >= 15 is 0 Å². The Balaban J connectivity index is 1.58. The first kappa shape index (κ1) is 14.6. The van der Waals surface area contributed by atoms with E-state index in [4.69, 9.17) is 0 Å². The first-order valence-electron chi connectivity index (χ1n) is 8.11. The van der Waals surface area contributed by atoms with Gasteiger partial charge in [0.15, 0.2) is 0 Å². The van der Waals surface area contributed by atoms with Gasteiger partial charge in [0.2, 0.25) is 5.91 Å². The highest BCUT2D eigenvalue weighted by Gasteiger charge is 2.37. The van der Waals surface area contributed by atoms with E-state index in [0.717, 1.165) is 30.7 Å². The van der Waals surface area contributed by atoms with Crippen molar-refractivity contribution in [3.8, 4) is 0 Å². The van der Waals surface area contributed by atoms with Gasteiger partial charge >= 0.3 is 0 Å². The Labute approximate surface area is 125 Å². The molecule has 5 heteroatoms. The Morgan fingerprint density at radius 3 is 2.81 bits per heavy atom. The Morgan fingerprint density at radius 1 is 1.38 bits per heavy atom. The van der Waals surface area contributed by atoms with Crippen molar-refractivity contribution in [1.29, 1.82) is 0 Å². The molecule has 0 unspecified atom stereocenters. The van der Waals surface area contributed by atoms with E-state index < -0.39 is 6.10 Å². The van der Waals surface area contributed by atoms with Crippen LogP contribution in [-0.4, -0.2) is 45.3 Å². The van der Waals surface area contributed by atoms with Gasteiger partial charge in [0.1, 0.15) is 0 Å². The van der Waals surface area contributed by atoms with Gasteiger partial charge in [-0.1, -0.05) is 19.3 Å². The van der Waals surface area contributed by atoms with E-state index in [1.165, 1.54) is 19.3 Å². The fourth-order valence-electron chi connectivity index (χ4n) is 3.69. The zero-order valence-corrected chi connectivity index (χ0v) is 12.7. The lowest BCUT2D eigenvalue weighted by atomic mass is 9.88. The average Bonchev–Trinajstić information content (AvgIpc) is 3.06. The molecule has 3 rings (SSSR count). The molecule has 1 saturated carbocycles. The molecule has 1 aromatic heterocycles. The monoisotopic (exact) mass is 291 g/mol. The smallest absolute Gasteiger partial charge is 0.225 e. The number of nitrogens with one attached hydrogen (secondary N) is 1. The molecule has 0 spiro atoms. The number of hydrogen-bond donors (Lipinski definition) is 2. The van der Waals surface area contributed by atoms with Crippen molar-refractivity contribution >= 4 is 5.91 Å². The molecular formula is C16H25N3O2. The molecular weight excluding hydrogens is 266 g/mol. The van der Waals surface area contributed by atoms with E-state index in [9.17, 15) is 9.90 Å². The minimum absolute atomic E-state index is 0.111. The van der Waals surface area contributed by atoms with E-state index in [1.54, 1.807) is 0 Å². The lowest BCUT2D eigenvalue weighted by Gasteiger charge is -2.26. The van der Waals surface area contributed by atoms with Crippen LogP contribution in [0, 0.1) is 18.8 Å². The van der Waals surface area contributed by atoms with Gasteiger partial charge in [-0.3, -0.25) is 9.89 Å². The topological polar surface area (TPSA) is 69.2 Å². The van der Waals surface area contributed by atoms with Crippen LogP contribution in [0.2, 0.25) is 0 Å². The average molecular weight is 291 g/mol. The van der Waals surface area contributed by atoms with Gasteiger partial charge in [0.25, 0.3) is 0 Å². The van der Waals surface area contributed by atoms with Crippen LogP contribution in [0.5, 0.6) is 0 Å². The highest BCUT2D eigenvalue weighted by atomic mass is 16.3. The third-order valence-electron chi connectivity index (χ3n) is 4.90. The number of aromatic nitrogens is 2. The first-order chi connectivity index (χ1) is 10.1. The van der Waals surface area contributed by atoms with Crippen molar-refractivity contribution in [2.24, 2.45) is 11.8 Å². The van der Waals surface area contributed by atoms with Gasteiger partial charge < -0.3 is 10.0 Å². The molecule has 116 valence electrons. The second-order valence-corrected chi connectivity index (χ2v) is 6.65. The predicted molar refractivity (Wildman–Crippen MR) is 79.7 cm³/mol. The lowest BCUT2D eigenvalue weighted by molar-refractivity contribution is -0.135. The highest BCUT2D eigenvalue weighted by molar-refractivity contribution is 5.79. The maximum Gasteiger partial charge on any atom is 0.225 e. The van der Waals surface area contributed by atoms with Gasteiger partial charge in [-0.25, -0.2) is 0 Å². The van der Waals surface area contributed by atoms with Crippen LogP contribution >= 0.6 is 0 Å². The Morgan fingerprint density at radius 2 is 2.14 bits per heavy atom. The zero-order chi connectivity index (χ0) is 14.8. The largest absolute Gasteiger partial charge is 0.391 e. The van der Waals surface area contributed by atoms with E-state index in [1.807, 2.05) is 17.9 Å². The molecule has 2 heterocycles. The summed E-state index contributed by atoms with van der Waals surface area (Å²) in [5, 5.41) is 17.4. The summed E-state index contributed by atoms with van der Waals surface area (Å²) >= 11 is 0. The summed E-state index contributed by atoms with van der Waals surface area (Å²) in [5.41, 5.74) is 2.01. The number of aliphatic hydroxyl groups excluding tert-OH is 1. The highest BCUT2D eigenvalue weighted by Crippen LogP contribution is 2.29. The number of amides is 1. The summed E-state index contributed by atoms with van der Waals surface area (Å²) in [4.78, 5) is 14.4. The Hall–Kier alpha value is -1.36. The number of carbonyl (C=O) groups excluding carboxylic acids is 1.